The van der Waals surface area contributed by atoms with Gasteiger partial charge in [-0.15, -0.1) is 0 Å². The molecule has 0 bridgehead atoms. The number of aryl methyl sites for hydroxylation is 1. The molecule has 2 N–H and O–H groups in total. The fraction of sp³-hybridized carbons (Fsp3) is 0.346. The molecule has 186 valence electrons. The van der Waals surface area contributed by atoms with Crippen LogP contribution in [0.2, 0.25) is 0 Å². The van der Waals surface area contributed by atoms with Gasteiger partial charge in [-0.3, -0.25) is 4.79 Å². The average Bonchev–Trinajstić information content (AvgIpc) is 3.31. The van der Waals surface area contributed by atoms with Crippen molar-refractivity contribution in [2.45, 2.75) is 45.7 Å². The van der Waals surface area contributed by atoms with Gasteiger partial charge in [0.1, 0.15) is 5.52 Å². The van der Waals surface area contributed by atoms with E-state index in [1.807, 2.05) is 67.6 Å². The van der Waals surface area contributed by atoms with Gasteiger partial charge in [-0.2, -0.15) is 4.39 Å². The lowest BCUT2D eigenvalue weighted by atomic mass is 10.0. The normalized spacial score (nSPS) is 16.2. The molecular formula is C26H29FN8O. The molecule has 1 unspecified atom stereocenters. The van der Waals surface area contributed by atoms with E-state index < -0.39 is 5.95 Å². The molecule has 1 fully saturated rings. The van der Waals surface area contributed by atoms with E-state index in [4.69, 9.17) is 0 Å². The molecule has 5 rings (SSSR count). The molecule has 10 heteroatoms. The van der Waals surface area contributed by atoms with Crippen molar-refractivity contribution in [3.8, 4) is 11.4 Å². The lowest BCUT2D eigenvalue weighted by Gasteiger charge is -2.32. The number of halogens is 1. The Bertz CT molecular complexity index is 1420. The van der Waals surface area contributed by atoms with E-state index in [1.54, 1.807) is 12.5 Å². The minimum absolute atomic E-state index is 0.0893. The van der Waals surface area contributed by atoms with Gasteiger partial charge < -0.3 is 20.1 Å². The maximum absolute atomic E-state index is 14.8. The van der Waals surface area contributed by atoms with Gasteiger partial charge in [-0.25, -0.2) is 19.9 Å². The number of nitrogens with zero attached hydrogens (tertiary/aromatic N) is 6. The summed E-state index contributed by atoms with van der Waals surface area (Å²) >= 11 is 0. The molecule has 0 spiro atoms. The molecule has 4 heterocycles. The van der Waals surface area contributed by atoms with Gasteiger partial charge in [0, 0.05) is 30.2 Å². The number of carbonyl (C=O) groups is 1. The lowest BCUT2D eigenvalue weighted by molar-refractivity contribution is -0.121. The van der Waals surface area contributed by atoms with Crippen molar-refractivity contribution in [3.05, 3.63) is 54.4 Å². The van der Waals surface area contributed by atoms with Gasteiger partial charge in [0.25, 0.3) is 0 Å². The fourth-order valence-electron chi connectivity index (χ4n) is 4.54. The number of pyridine rings is 1. The van der Waals surface area contributed by atoms with Gasteiger partial charge >= 0.3 is 0 Å². The van der Waals surface area contributed by atoms with E-state index in [0.717, 1.165) is 29.8 Å². The Hall–Kier alpha value is -3.92. The van der Waals surface area contributed by atoms with Crippen LogP contribution in [-0.2, 0) is 4.79 Å². The Kier molecular flexibility index (Phi) is 6.36. The number of amides is 1. The summed E-state index contributed by atoms with van der Waals surface area (Å²) in [6.45, 7) is 6.61. The van der Waals surface area contributed by atoms with Gasteiger partial charge in [-0.1, -0.05) is 0 Å². The summed E-state index contributed by atoms with van der Waals surface area (Å²) in [5.74, 6) is -0.170. The number of nitrogens with one attached hydrogen (secondary N) is 2. The summed E-state index contributed by atoms with van der Waals surface area (Å²) in [4.78, 5) is 31.8. The number of rotatable bonds is 6. The average molecular weight is 489 g/mol. The Morgan fingerprint density at radius 1 is 1.14 bits per heavy atom. The molecule has 4 aromatic rings. The highest BCUT2D eigenvalue weighted by atomic mass is 19.1. The molecule has 1 amide bonds. The van der Waals surface area contributed by atoms with Crippen LogP contribution < -0.4 is 15.5 Å². The second-order valence-electron chi connectivity index (χ2n) is 9.28. The van der Waals surface area contributed by atoms with Crippen LogP contribution in [0, 0.1) is 12.9 Å². The van der Waals surface area contributed by atoms with Crippen LogP contribution in [0.3, 0.4) is 0 Å². The number of likely N-dealkylation sites (N-methyl/N-ethyl adjacent to an activating group) is 1. The van der Waals surface area contributed by atoms with Crippen molar-refractivity contribution in [2.75, 3.05) is 23.8 Å². The number of anilines is 3. The summed E-state index contributed by atoms with van der Waals surface area (Å²) in [6, 6.07) is 9.39. The Balaban J connectivity index is 1.41. The first-order chi connectivity index (χ1) is 17.4. The zero-order chi connectivity index (χ0) is 25.4. The van der Waals surface area contributed by atoms with Gasteiger partial charge in [0.05, 0.1) is 29.3 Å². The van der Waals surface area contributed by atoms with Gasteiger partial charge in [0.2, 0.25) is 17.8 Å². The number of hydrogen-bond donors (Lipinski definition) is 2. The number of hydrogen-bond acceptors (Lipinski definition) is 7. The van der Waals surface area contributed by atoms with Crippen molar-refractivity contribution in [1.82, 2.24) is 29.8 Å². The monoisotopic (exact) mass is 488 g/mol. The first-order valence-electron chi connectivity index (χ1n) is 12.1. The predicted octanol–water partition coefficient (Wildman–Crippen LogP) is 4.38. The lowest BCUT2D eigenvalue weighted by Crippen LogP contribution is -2.49. The molecule has 1 atom stereocenters. The third-order valence-electron chi connectivity index (χ3n) is 6.51. The second-order valence-corrected chi connectivity index (χ2v) is 9.28. The molecule has 1 saturated heterocycles. The molecular weight excluding hydrogens is 459 g/mol. The van der Waals surface area contributed by atoms with Crippen LogP contribution in [0.15, 0.2) is 42.9 Å². The van der Waals surface area contributed by atoms with Crippen LogP contribution in [0.1, 0.15) is 38.3 Å². The van der Waals surface area contributed by atoms with Crippen molar-refractivity contribution >= 4 is 34.3 Å². The van der Waals surface area contributed by atoms with Crippen molar-refractivity contribution in [1.29, 1.82) is 0 Å². The summed E-state index contributed by atoms with van der Waals surface area (Å²) < 4.78 is 16.7. The molecule has 1 aliphatic rings. The number of piperidine rings is 1. The molecule has 1 aromatic carbocycles. The zero-order valence-electron chi connectivity index (χ0n) is 20.8. The minimum Gasteiger partial charge on any atom is -0.328 e. The van der Waals surface area contributed by atoms with Crippen molar-refractivity contribution in [3.63, 3.8) is 0 Å². The van der Waals surface area contributed by atoms with E-state index in [0.29, 0.717) is 29.4 Å². The number of benzene rings is 1. The maximum Gasteiger partial charge on any atom is 0.244 e. The number of imidazole rings is 1. The molecule has 0 saturated carbocycles. The van der Waals surface area contributed by atoms with E-state index in [2.05, 4.69) is 30.6 Å². The SMILES string of the molecule is CNC1CCCN(c2ccc(Nc3ncc(C)c(-c4cc5c(ncn5C(C)C)c(F)n4)n3)cc2)C1=O. The predicted molar refractivity (Wildman–Crippen MR) is 138 cm³/mol. The highest BCUT2D eigenvalue weighted by molar-refractivity contribution is 5.98. The Labute approximate surface area is 208 Å². The quantitative estimate of drug-likeness (QED) is 0.389. The van der Waals surface area contributed by atoms with E-state index in [-0.39, 0.29) is 23.5 Å². The largest absolute Gasteiger partial charge is 0.328 e. The number of aromatic nitrogens is 5. The van der Waals surface area contributed by atoms with Crippen LogP contribution >= 0.6 is 0 Å². The highest BCUT2D eigenvalue weighted by Crippen LogP contribution is 2.28. The maximum atomic E-state index is 14.8. The summed E-state index contributed by atoms with van der Waals surface area (Å²) in [5, 5.41) is 6.29. The highest BCUT2D eigenvalue weighted by Gasteiger charge is 2.28. The summed E-state index contributed by atoms with van der Waals surface area (Å²) in [6.07, 6.45) is 5.12. The van der Waals surface area contributed by atoms with Gasteiger partial charge in [0.15, 0.2) is 0 Å². The molecule has 0 radical (unpaired) electrons. The van der Waals surface area contributed by atoms with Gasteiger partial charge in [-0.05, 0) is 76.6 Å². The second kappa shape index (κ2) is 9.62. The third-order valence-corrected chi connectivity index (χ3v) is 6.51. The molecule has 1 aliphatic heterocycles. The van der Waals surface area contributed by atoms with E-state index in [9.17, 15) is 9.18 Å². The first-order valence-corrected chi connectivity index (χ1v) is 12.1. The van der Waals surface area contributed by atoms with Crippen LogP contribution in [0.25, 0.3) is 22.4 Å². The van der Waals surface area contributed by atoms with Crippen LogP contribution in [0.4, 0.5) is 21.7 Å². The van der Waals surface area contributed by atoms with E-state index in [1.165, 1.54) is 0 Å². The fourth-order valence-corrected chi connectivity index (χ4v) is 4.54. The number of fused-ring (bicyclic) bond motifs is 1. The van der Waals surface area contributed by atoms with Crippen molar-refractivity contribution < 1.29 is 9.18 Å². The minimum atomic E-state index is -0.627. The first kappa shape index (κ1) is 23.8. The van der Waals surface area contributed by atoms with Crippen molar-refractivity contribution in [2.24, 2.45) is 0 Å². The summed E-state index contributed by atoms with van der Waals surface area (Å²) in [5.41, 5.74) is 4.28. The molecule has 9 nitrogen and oxygen atoms in total. The standard InChI is InChI=1S/C26H29FN8O/c1-15(2)35-14-30-23-21(35)12-20(32-24(23)27)22-16(3)13-29-26(33-22)31-17-7-9-18(10-8-17)34-11-5-6-19(28-4)25(34)36/h7-10,12-15,19,28H,5-6,11H2,1-4H3,(H,29,31,33). The topological polar surface area (TPSA) is 101 Å². The smallest absolute Gasteiger partial charge is 0.244 e. The van der Waals surface area contributed by atoms with E-state index >= 15 is 0 Å². The Morgan fingerprint density at radius 2 is 1.92 bits per heavy atom. The summed E-state index contributed by atoms with van der Waals surface area (Å²) in [7, 11) is 1.82. The molecule has 3 aromatic heterocycles. The third kappa shape index (κ3) is 4.39. The van der Waals surface area contributed by atoms with Crippen LogP contribution in [0.5, 0.6) is 0 Å². The number of carbonyl (C=O) groups excluding carboxylic acids is 1. The molecule has 36 heavy (non-hydrogen) atoms. The Morgan fingerprint density at radius 3 is 2.64 bits per heavy atom. The van der Waals surface area contributed by atoms with Crippen LogP contribution in [-0.4, -0.2) is 50.0 Å². The zero-order valence-corrected chi connectivity index (χ0v) is 20.8. The molecule has 0 aliphatic carbocycles.